The first-order valence-electron chi connectivity index (χ1n) is 9.40. The molecule has 0 bridgehead atoms. The van der Waals surface area contributed by atoms with Crippen molar-refractivity contribution in [2.75, 3.05) is 18.0 Å². The van der Waals surface area contributed by atoms with Crippen molar-refractivity contribution < 1.29 is 4.79 Å². The molecule has 1 aliphatic heterocycles. The van der Waals surface area contributed by atoms with Crippen molar-refractivity contribution in [3.63, 3.8) is 0 Å². The molecule has 3 aromatic heterocycles. The van der Waals surface area contributed by atoms with Crippen LogP contribution in [0, 0.1) is 0 Å². The van der Waals surface area contributed by atoms with Crippen molar-refractivity contribution >= 4 is 44.5 Å². The first-order chi connectivity index (χ1) is 13.8. The fraction of sp³-hybridized carbons (Fsp3) is 0.238. The number of fused-ring (bicyclic) bond motifs is 1. The quantitative estimate of drug-likeness (QED) is 0.512. The molecule has 7 heteroatoms. The summed E-state index contributed by atoms with van der Waals surface area (Å²) in [5.74, 6) is 1.03. The van der Waals surface area contributed by atoms with E-state index in [0.717, 1.165) is 52.4 Å². The molecule has 2 N–H and O–H groups in total. The maximum Gasteiger partial charge on any atom is 0.261 e. The first-order valence-corrected chi connectivity index (χ1v) is 11.1. The van der Waals surface area contributed by atoms with Crippen molar-refractivity contribution in [2.24, 2.45) is 0 Å². The van der Waals surface area contributed by atoms with E-state index >= 15 is 0 Å². The summed E-state index contributed by atoms with van der Waals surface area (Å²) in [5, 5.41) is 14.0. The number of hydrogen-bond acceptors (Lipinski definition) is 5. The Morgan fingerprint density at radius 2 is 2.00 bits per heavy atom. The summed E-state index contributed by atoms with van der Waals surface area (Å²) in [6, 6.07) is 16.6. The topological polar surface area (TPSA) is 61.0 Å². The van der Waals surface area contributed by atoms with Gasteiger partial charge in [-0.1, -0.05) is 24.3 Å². The predicted molar refractivity (Wildman–Crippen MR) is 116 cm³/mol. The minimum absolute atomic E-state index is 0.0411. The largest absolute Gasteiger partial charge is 0.355 e. The molecule has 5 rings (SSSR count). The zero-order valence-corrected chi connectivity index (χ0v) is 16.9. The Balaban J connectivity index is 1.19. The van der Waals surface area contributed by atoms with E-state index in [0.29, 0.717) is 0 Å². The lowest BCUT2D eigenvalue weighted by Gasteiger charge is -2.32. The molecule has 142 valence electrons. The highest BCUT2D eigenvalue weighted by Crippen LogP contribution is 2.28. The van der Waals surface area contributed by atoms with E-state index in [1.54, 1.807) is 22.7 Å². The molecule has 1 aliphatic rings. The van der Waals surface area contributed by atoms with Crippen LogP contribution in [-0.4, -0.2) is 35.2 Å². The van der Waals surface area contributed by atoms with E-state index in [1.807, 2.05) is 24.3 Å². The van der Waals surface area contributed by atoms with Gasteiger partial charge < -0.3 is 10.2 Å². The second-order valence-electron chi connectivity index (χ2n) is 7.00. The number of carbonyl (C=O) groups is 1. The zero-order chi connectivity index (χ0) is 18.9. The fourth-order valence-corrected chi connectivity index (χ4v) is 5.29. The molecule has 0 atom stereocenters. The van der Waals surface area contributed by atoms with Gasteiger partial charge >= 0.3 is 0 Å². The van der Waals surface area contributed by atoms with Crippen molar-refractivity contribution in [1.82, 2.24) is 15.5 Å². The lowest BCUT2D eigenvalue weighted by atomic mass is 10.0. The number of thiophene rings is 2. The van der Waals surface area contributed by atoms with Crippen molar-refractivity contribution in [2.45, 2.75) is 18.9 Å². The molecular formula is C21H20N4OS2. The second-order valence-corrected chi connectivity index (χ2v) is 9.03. The summed E-state index contributed by atoms with van der Waals surface area (Å²) in [6.45, 7) is 1.79. The Morgan fingerprint density at radius 3 is 2.79 bits per heavy atom. The molecule has 1 amide bonds. The molecule has 4 aromatic rings. The van der Waals surface area contributed by atoms with Crippen LogP contribution in [0.4, 0.5) is 5.82 Å². The number of hydrogen-bond donors (Lipinski definition) is 2. The predicted octanol–water partition coefficient (Wildman–Crippen LogP) is 4.75. The van der Waals surface area contributed by atoms with Gasteiger partial charge in [-0.3, -0.25) is 9.89 Å². The maximum absolute atomic E-state index is 12.6. The molecule has 0 spiro atoms. The summed E-state index contributed by atoms with van der Waals surface area (Å²) >= 11 is 3.26. The number of rotatable bonds is 4. The van der Waals surface area contributed by atoms with E-state index in [-0.39, 0.29) is 11.9 Å². The Labute approximate surface area is 171 Å². The first kappa shape index (κ1) is 17.5. The summed E-state index contributed by atoms with van der Waals surface area (Å²) in [7, 11) is 0. The monoisotopic (exact) mass is 408 g/mol. The SMILES string of the molecule is O=C(NC1CCN(c2cc(-c3cccs3)[nH]n2)CC1)c1cc2ccccc2s1. The summed E-state index contributed by atoms with van der Waals surface area (Å²) in [4.78, 5) is 16.9. The van der Waals surface area contributed by atoms with Gasteiger partial charge in [0.15, 0.2) is 5.82 Å². The smallest absolute Gasteiger partial charge is 0.261 e. The van der Waals surface area contributed by atoms with Gasteiger partial charge in [-0.25, -0.2) is 0 Å². The van der Waals surface area contributed by atoms with Gasteiger partial charge in [-0.2, -0.15) is 5.10 Å². The molecular weight excluding hydrogens is 388 g/mol. The minimum atomic E-state index is 0.0411. The third kappa shape index (κ3) is 3.43. The van der Waals surface area contributed by atoms with Gasteiger partial charge in [0.1, 0.15) is 0 Å². The zero-order valence-electron chi connectivity index (χ0n) is 15.2. The standard InChI is InChI=1S/C21H20N4OS2/c26-21(19-12-14-4-1-2-5-17(14)28-19)22-15-7-9-25(10-8-15)20-13-16(23-24-20)18-6-3-11-27-18/h1-6,11-13,15H,7-10H2,(H,22,26)(H,23,24). The fourth-order valence-electron chi connectivity index (χ4n) is 3.63. The van der Waals surface area contributed by atoms with Crippen molar-refractivity contribution in [3.8, 4) is 10.6 Å². The molecule has 1 aromatic carbocycles. The summed E-state index contributed by atoms with van der Waals surface area (Å²) in [5.41, 5.74) is 1.06. The number of piperidine rings is 1. The van der Waals surface area contributed by atoms with Gasteiger partial charge in [0.25, 0.3) is 5.91 Å². The van der Waals surface area contributed by atoms with E-state index in [9.17, 15) is 4.79 Å². The Hall–Kier alpha value is -2.64. The number of aromatic nitrogens is 2. The Kier molecular flexibility index (Phi) is 4.62. The van der Waals surface area contributed by atoms with Crippen LogP contribution in [0.2, 0.25) is 0 Å². The number of benzene rings is 1. The van der Waals surface area contributed by atoms with Gasteiger partial charge in [0.2, 0.25) is 0 Å². The maximum atomic E-state index is 12.6. The van der Waals surface area contributed by atoms with Crippen LogP contribution < -0.4 is 10.2 Å². The van der Waals surface area contributed by atoms with Crippen LogP contribution in [0.15, 0.2) is 53.9 Å². The number of aromatic amines is 1. The Morgan fingerprint density at radius 1 is 1.14 bits per heavy atom. The van der Waals surface area contributed by atoms with Crippen molar-refractivity contribution in [3.05, 3.63) is 58.8 Å². The molecule has 4 heterocycles. The third-order valence-corrected chi connectivity index (χ3v) is 7.17. The second kappa shape index (κ2) is 7.41. The highest BCUT2D eigenvalue weighted by molar-refractivity contribution is 7.20. The van der Waals surface area contributed by atoms with E-state index < -0.39 is 0 Å². The number of carbonyl (C=O) groups excluding carboxylic acids is 1. The lowest BCUT2D eigenvalue weighted by Crippen LogP contribution is -2.44. The number of amides is 1. The summed E-state index contributed by atoms with van der Waals surface area (Å²) in [6.07, 6.45) is 1.86. The molecule has 0 unspecified atom stereocenters. The average molecular weight is 409 g/mol. The van der Waals surface area contributed by atoms with Crippen LogP contribution >= 0.6 is 22.7 Å². The van der Waals surface area contributed by atoms with Crippen LogP contribution in [0.5, 0.6) is 0 Å². The van der Waals surface area contributed by atoms with Gasteiger partial charge in [-0.15, -0.1) is 22.7 Å². The minimum Gasteiger partial charge on any atom is -0.355 e. The number of nitrogens with zero attached hydrogens (tertiary/aromatic N) is 2. The highest BCUT2D eigenvalue weighted by Gasteiger charge is 2.23. The van der Waals surface area contributed by atoms with Gasteiger partial charge in [0.05, 0.1) is 15.4 Å². The lowest BCUT2D eigenvalue weighted by molar-refractivity contribution is 0.0935. The van der Waals surface area contributed by atoms with Crippen LogP contribution in [-0.2, 0) is 0 Å². The molecule has 0 aliphatic carbocycles. The van der Waals surface area contributed by atoms with E-state index in [2.05, 4.69) is 50.1 Å². The number of nitrogens with one attached hydrogen (secondary N) is 2. The van der Waals surface area contributed by atoms with Crippen LogP contribution in [0.1, 0.15) is 22.5 Å². The molecule has 1 saturated heterocycles. The number of H-pyrrole nitrogens is 1. The number of anilines is 1. The molecule has 5 nitrogen and oxygen atoms in total. The third-order valence-electron chi connectivity index (χ3n) is 5.15. The van der Waals surface area contributed by atoms with E-state index in [4.69, 9.17) is 0 Å². The molecule has 1 fully saturated rings. The molecule has 28 heavy (non-hydrogen) atoms. The van der Waals surface area contributed by atoms with Crippen LogP contribution in [0.25, 0.3) is 20.7 Å². The summed E-state index contributed by atoms with van der Waals surface area (Å²) < 4.78 is 1.16. The van der Waals surface area contributed by atoms with E-state index in [1.165, 1.54) is 4.88 Å². The normalized spacial score (nSPS) is 15.2. The average Bonchev–Trinajstić information content (AvgIpc) is 3.47. The molecule has 0 saturated carbocycles. The Bertz CT molecular complexity index is 1060. The highest BCUT2D eigenvalue weighted by atomic mass is 32.1. The van der Waals surface area contributed by atoms with Crippen LogP contribution in [0.3, 0.4) is 0 Å². The van der Waals surface area contributed by atoms with Crippen molar-refractivity contribution in [1.29, 1.82) is 0 Å². The van der Waals surface area contributed by atoms with Gasteiger partial charge in [-0.05, 0) is 41.8 Å². The molecule has 0 radical (unpaired) electrons. The van der Waals surface area contributed by atoms with Gasteiger partial charge in [0, 0.05) is 29.9 Å².